The average molecular weight is 130 g/mol. The quantitative estimate of drug-likeness (QED) is 0.303. The summed E-state index contributed by atoms with van der Waals surface area (Å²) in [6.45, 7) is 1.55. The van der Waals surface area contributed by atoms with E-state index >= 15 is 0 Å². The molecule has 3 nitrogen and oxygen atoms in total. The van der Waals surface area contributed by atoms with Gasteiger partial charge in [-0.1, -0.05) is 0 Å². The molecule has 0 N–H and O–H groups in total. The Hall–Kier alpha value is -1.83. The zero-order chi connectivity index (χ0) is 7.98. The van der Waals surface area contributed by atoms with E-state index < -0.39 is 0 Å². The molecule has 0 saturated heterocycles. The van der Waals surface area contributed by atoms with Gasteiger partial charge < -0.3 is 5.41 Å². The SMILES string of the molecule is CC(C=C=[N-])=C(C#N)C#N. The first-order valence-corrected chi connectivity index (χ1v) is 2.50. The molecule has 0 fully saturated rings. The molecule has 0 saturated carbocycles. The van der Waals surface area contributed by atoms with Gasteiger partial charge in [0.2, 0.25) is 0 Å². The maximum atomic E-state index is 8.26. The summed E-state index contributed by atoms with van der Waals surface area (Å²) in [5.74, 6) is 1.73. The molecule has 0 rings (SSSR count). The maximum absolute atomic E-state index is 8.26. The second-order valence-corrected chi connectivity index (χ2v) is 1.56. The second kappa shape index (κ2) is 4.09. The molecule has 0 bridgehead atoms. The van der Waals surface area contributed by atoms with Gasteiger partial charge in [0, 0.05) is 0 Å². The van der Waals surface area contributed by atoms with E-state index in [9.17, 15) is 0 Å². The third kappa shape index (κ3) is 1.96. The van der Waals surface area contributed by atoms with Crippen molar-refractivity contribution in [2.75, 3.05) is 0 Å². The monoisotopic (exact) mass is 130 g/mol. The van der Waals surface area contributed by atoms with Gasteiger partial charge in [0.1, 0.15) is 17.7 Å². The van der Waals surface area contributed by atoms with Crippen LogP contribution in [0.1, 0.15) is 6.92 Å². The Balaban J connectivity index is 4.87. The molecule has 0 aromatic heterocycles. The number of nitrogens with zero attached hydrogens (tertiary/aromatic N) is 3. The zero-order valence-corrected chi connectivity index (χ0v) is 5.42. The summed E-state index contributed by atoms with van der Waals surface area (Å²) in [5.41, 5.74) is 0.397. The van der Waals surface area contributed by atoms with E-state index in [1.165, 1.54) is 6.08 Å². The van der Waals surface area contributed by atoms with Gasteiger partial charge in [-0.25, -0.2) is 0 Å². The first-order valence-electron chi connectivity index (χ1n) is 2.50. The van der Waals surface area contributed by atoms with Crippen molar-refractivity contribution >= 4 is 5.87 Å². The van der Waals surface area contributed by atoms with Gasteiger partial charge in [-0.2, -0.15) is 10.5 Å². The third-order valence-electron chi connectivity index (χ3n) is 0.899. The van der Waals surface area contributed by atoms with Gasteiger partial charge in [-0.3, -0.25) is 5.87 Å². The summed E-state index contributed by atoms with van der Waals surface area (Å²) in [6, 6.07) is 3.34. The minimum atomic E-state index is -0.0125. The van der Waals surface area contributed by atoms with Gasteiger partial charge in [0.25, 0.3) is 0 Å². The molecule has 0 atom stereocenters. The lowest BCUT2D eigenvalue weighted by Crippen LogP contribution is -1.77. The lowest BCUT2D eigenvalue weighted by molar-refractivity contribution is 1.41. The smallest absolute Gasteiger partial charge is 0.133 e. The van der Waals surface area contributed by atoms with Crippen molar-refractivity contribution in [3.63, 3.8) is 0 Å². The molecule has 0 aliphatic rings. The number of allylic oxidation sites excluding steroid dienone is 3. The molecule has 10 heavy (non-hydrogen) atoms. The van der Waals surface area contributed by atoms with Crippen molar-refractivity contribution < 1.29 is 0 Å². The van der Waals surface area contributed by atoms with E-state index in [0.29, 0.717) is 5.57 Å². The second-order valence-electron chi connectivity index (χ2n) is 1.56. The Kier molecular flexibility index (Phi) is 3.34. The molecule has 0 aliphatic carbocycles. The molecule has 0 aromatic rings. The molecule has 0 radical (unpaired) electrons. The van der Waals surface area contributed by atoms with Crippen LogP contribution in [0.3, 0.4) is 0 Å². The van der Waals surface area contributed by atoms with Crippen LogP contribution < -0.4 is 0 Å². The fraction of sp³-hybridized carbons (Fsp3) is 0.143. The van der Waals surface area contributed by atoms with Crippen LogP contribution in [0.15, 0.2) is 17.2 Å². The highest BCUT2D eigenvalue weighted by Gasteiger charge is 1.93. The highest BCUT2D eigenvalue weighted by Crippen LogP contribution is 2.00. The van der Waals surface area contributed by atoms with Crippen molar-refractivity contribution in [1.29, 1.82) is 10.5 Å². The van der Waals surface area contributed by atoms with Gasteiger partial charge in [0.05, 0.1) is 0 Å². The first-order chi connectivity index (χ1) is 4.76. The molecule has 0 spiro atoms. The van der Waals surface area contributed by atoms with Crippen LogP contribution in [0, 0.1) is 22.7 Å². The third-order valence-corrected chi connectivity index (χ3v) is 0.899. The molecule has 0 aliphatic heterocycles. The topological polar surface area (TPSA) is 69.9 Å². The number of hydrogen-bond donors (Lipinski definition) is 0. The molecular formula is C7H4N3-. The standard InChI is InChI=1S/C7H4N3/c1-6(2-3-8)7(4-9)5-10/h2H,1H3/q-1. The molecule has 0 amide bonds. The normalized spacial score (nSPS) is 6.30. The first kappa shape index (κ1) is 8.17. The lowest BCUT2D eigenvalue weighted by atomic mass is 10.2. The molecule has 48 valence electrons. The Morgan fingerprint density at radius 3 is 2.20 bits per heavy atom. The molecular weight excluding hydrogens is 126 g/mol. The number of rotatable bonds is 1. The average Bonchev–Trinajstić information content (AvgIpc) is 1.91. The summed E-state index contributed by atoms with van der Waals surface area (Å²) in [6.07, 6.45) is 1.17. The minimum absolute atomic E-state index is 0.0125. The van der Waals surface area contributed by atoms with Crippen LogP contribution in [0.5, 0.6) is 0 Å². The van der Waals surface area contributed by atoms with Crippen LogP contribution in [0.25, 0.3) is 5.41 Å². The Morgan fingerprint density at radius 2 is 1.90 bits per heavy atom. The zero-order valence-electron chi connectivity index (χ0n) is 5.42. The summed E-state index contributed by atoms with van der Waals surface area (Å²) in [7, 11) is 0. The summed E-state index contributed by atoms with van der Waals surface area (Å²) < 4.78 is 0. The van der Waals surface area contributed by atoms with E-state index in [1.807, 2.05) is 0 Å². The van der Waals surface area contributed by atoms with Crippen LogP contribution >= 0.6 is 0 Å². The number of hydrogen-bond acceptors (Lipinski definition) is 2. The lowest BCUT2D eigenvalue weighted by Gasteiger charge is -1.86. The van der Waals surface area contributed by atoms with E-state index in [1.54, 1.807) is 24.9 Å². The van der Waals surface area contributed by atoms with E-state index in [4.69, 9.17) is 15.9 Å². The van der Waals surface area contributed by atoms with Crippen LogP contribution in [-0.2, 0) is 0 Å². The fourth-order valence-electron chi connectivity index (χ4n) is 0.370. The molecule has 3 heteroatoms. The van der Waals surface area contributed by atoms with E-state index in [2.05, 4.69) is 0 Å². The maximum Gasteiger partial charge on any atom is 0.133 e. The van der Waals surface area contributed by atoms with Crippen molar-refractivity contribution in [1.82, 2.24) is 0 Å². The van der Waals surface area contributed by atoms with E-state index in [0.717, 1.165) is 0 Å². The van der Waals surface area contributed by atoms with E-state index in [-0.39, 0.29) is 5.57 Å². The molecule has 0 unspecified atom stereocenters. The van der Waals surface area contributed by atoms with Crippen LogP contribution in [-0.4, -0.2) is 5.87 Å². The Labute approximate surface area is 59.0 Å². The predicted octanol–water partition coefficient (Wildman–Crippen LogP) is 1.15. The molecule has 0 aromatic carbocycles. The van der Waals surface area contributed by atoms with Gasteiger partial charge >= 0.3 is 0 Å². The van der Waals surface area contributed by atoms with Crippen molar-refractivity contribution in [3.8, 4) is 12.1 Å². The predicted molar refractivity (Wildman–Crippen MR) is 36.9 cm³/mol. The Bertz CT molecular complexity index is 263. The number of nitriles is 2. The highest BCUT2D eigenvalue weighted by molar-refractivity contribution is 5.62. The fourth-order valence-corrected chi connectivity index (χ4v) is 0.370. The minimum Gasteiger partial charge on any atom is -0.763 e. The highest BCUT2D eigenvalue weighted by atomic mass is 14.3. The summed E-state index contributed by atoms with van der Waals surface area (Å²) in [5, 5.41) is 24.6. The van der Waals surface area contributed by atoms with Gasteiger partial charge in [0.15, 0.2) is 0 Å². The Morgan fingerprint density at radius 1 is 1.40 bits per heavy atom. The summed E-state index contributed by atoms with van der Waals surface area (Å²) >= 11 is 0. The van der Waals surface area contributed by atoms with Crippen molar-refractivity contribution in [3.05, 3.63) is 22.6 Å². The molecule has 0 heterocycles. The summed E-state index contributed by atoms with van der Waals surface area (Å²) in [4.78, 5) is 0. The van der Waals surface area contributed by atoms with Crippen LogP contribution in [0.4, 0.5) is 0 Å². The van der Waals surface area contributed by atoms with Gasteiger partial charge in [-0.05, 0) is 18.6 Å². The largest absolute Gasteiger partial charge is 0.763 e. The van der Waals surface area contributed by atoms with Crippen LogP contribution in [0.2, 0.25) is 0 Å². The van der Waals surface area contributed by atoms with Gasteiger partial charge in [-0.15, -0.1) is 0 Å². The van der Waals surface area contributed by atoms with Crippen molar-refractivity contribution in [2.45, 2.75) is 6.92 Å². The van der Waals surface area contributed by atoms with Crippen molar-refractivity contribution in [2.24, 2.45) is 0 Å².